The minimum absolute atomic E-state index is 0.146. The van der Waals surface area contributed by atoms with Crippen LogP contribution in [0.3, 0.4) is 0 Å². The van der Waals surface area contributed by atoms with Gasteiger partial charge >= 0.3 is 5.97 Å². The summed E-state index contributed by atoms with van der Waals surface area (Å²) in [6.07, 6.45) is 10.3. The van der Waals surface area contributed by atoms with E-state index >= 15 is 0 Å². The molecule has 132 valence electrons. The Morgan fingerprint density at radius 1 is 1.38 bits per heavy atom. The fraction of sp³-hybridized carbons (Fsp3) is 0.684. The van der Waals surface area contributed by atoms with Crippen LogP contribution in [-0.4, -0.2) is 31.8 Å². The van der Waals surface area contributed by atoms with Crippen molar-refractivity contribution >= 4 is 5.97 Å². The quantitative estimate of drug-likeness (QED) is 0.459. The molecule has 1 heterocycles. The molecule has 1 aliphatic heterocycles. The molecule has 1 unspecified atom stereocenters. The molecule has 1 saturated heterocycles. The molecule has 0 radical (unpaired) electrons. The van der Waals surface area contributed by atoms with Crippen LogP contribution in [0.1, 0.15) is 58.3 Å². The van der Waals surface area contributed by atoms with E-state index < -0.39 is 5.97 Å². The summed E-state index contributed by atoms with van der Waals surface area (Å²) in [5.41, 5.74) is 2.02. The SMILES string of the molecule is CCCOC(=O)/C(C#N)=C1\C=C(NCC2CCCCCO2)CCC1. The first-order valence-corrected chi connectivity index (χ1v) is 9.11. The number of nitrogens with one attached hydrogen (secondary N) is 1. The van der Waals surface area contributed by atoms with Crippen molar-refractivity contribution < 1.29 is 14.3 Å². The maximum absolute atomic E-state index is 12.0. The Kier molecular flexibility index (Phi) is 7.84. The van der Waals surface area contributed by atoms with Gasteiger partial charge in [0.15, 0.2) is 0 Å². The van der Waals surface area contributed by atoms with Crippen molar-refractivity contribution in [3.63, 3.8) is 0 Å². The summed E-state index contributed by atoms with van der Waals surface area (Å²) in [7, 11) is 0. The largest absolute Gasteiger partial charge is 0.462 e. The average Bonchev–Trinajstić information content (AvgIpc) is 2.88. The van der Waals surface area contributed by atoms with Crippen LogP contribution >= 0.6 is 0 Å². The van der Waals surface area contributed by atoms with Crippen LogP contribution in [0.2, 0.25) is 0 Å². The van der Waals surface area contributed by atoms with Gasteiger partial charge in [-0.1, -0.05) is 19.8 Å². The van der Waals surface area contributed by atoms with E-state index in [4.69, 9.17) is 9.47 Å². The molecular weight excluding hydrogens is 304 g/mol. The average molecular weight is 332 g/mol. The topological polar surface area (TPSA) is 71.4 Å². The van der Waals surface area contributed by atoms with E-state index in [1.54, 1.807) is 0 Å². The summed E-state index contributed by atoms with van der Waals surface area (Å²) in [6.45, 7) is 3.93. The van der Waals surface area contributed by atoms with Crippen molar-refractivity contribution in [1.29, 1.82) is 5.26 Å². The highest BCUT2D eigenvalue weighted by Crippen LogP contribution is 2.24. The van der Waals surface area contributed by atoms with Gasteiger partial charge in [-0.15, -0.1) is 0 Å². The molecule has 5 nitrogen and oxygen atoms in total. The number of rotatable bonds is 6. The van der Waals surface area contributed by atoms with Gasteiger partial charge in [0, 0.05) is 18.8 Å². The van der Waals surface area contributed by atoms with E-state index in [9.17, 15) is 10.1 Å². The molecule has 0 amide bonds. The van der Waals surface area contributed by atoms with Crippen LogP contribution in [0.15, 0.2) is 22.9 Å². The van der Waals surface area contributed by atoms with Gasteiger partial charge in [0.05, 0.1) is 12.7 Å². The molecule has 1 N–H and O–H groups in total. The van der Waals surface area contributed by atoms with Crippen molar-refractivity contribution in [2.75, 3.05) is 19.8 Å². The molecule has 2 rings (SSSR count). The van der Waals surface area contributed by atoms with Crippen LogP contribution in [0, 0.1) is 11.3 Å². The molecule has 0 aromatic heterocycles. The standard InChI is InChI=1S/C19H28N2O3/c1-2-10-24-19(22)18(13-20)15-7-6-8-16(12-15)21-14-17-9-4-3-5-11-23-17/h12,17,21H,2-11,14H2,1H3/b18-15-. The zero-order valence-electron chi connectivity index (χ0n) is 14.6. The Labute approximate surface area is 144 Å². The predicted octanol–water partition coefficient (Wildman–Crippen LogP) is 3.38. The van der Waals surface area contributed by atoms with Gasteiger partial charge in [-0.05, 0) is 50.2 Å². The highest BCUT2D eigenvalue weighted by Gasteiger charge is 2.19. The molecule has 1 fully saturated rings. The second kappa shape index (κ2) is 10.1. The normalized spacial score (nSPS) is 23.5. The van der Waals surface area contributed by atoms with Crippen LogP contribution in [0.4, 0.5) is 0 Å². The van der Waals surface area contributed by atoms with E-state index in [0.717, 1.165) is 62.9 Å². The van der Waals surface area contributed by atoms with E-state index in [0.29, 0.717) is 6.61 Å². The first-order valence-electron chi connectivity index (χ1n) is 9.11. The lowest BCUT2D eigenvalue weighted by Crippen LogP contribution is -2.29. The number of hydrogen-bond donors (Lipinski definition) is 1. The van der Waals surface area contributed by atoms with Crippen LogP contribution in [0.5, 0.6) is 0 Å². The molecule has 24 heavy (non-hydrogen) atoms. The molecule has 1 atom stereocenters. The third kappa shape index (κ3) is 5.68. The predicted molar refractivity (Wildman–Crippen MR) is 92.0 cm³/mol. The lowest BCUT2D eigenvalue weighted by molar-refractivity contribution is -0.138. The highest BCUT2D eigenvalue weighted by molar-refractivity contribution is 5.94. The number of hydrogen-bond acceptors (Lipinski definition) is 5. The number of allylic oxidation sites excluding steroid dienone is 3. The fourth-order valence-corrected chi connectivity index (χ4v) is 3.07. The zero-order valence-corrected chi connectivity index (χ0v) is 14.6. The monoisotopic (exact) mass is 332 g/mol. The number of carbonyl (C=O) groups is 1. The smallest absolute Gasteiger partial charge is 0.349 e. The third-order valence-corrected chi connectivity index (χ3v) is 4.40. The van der Waals surface area contributed by atoms with Gasteiger partial charge in [-0.2, -0.15) is 5.26 Å². The van der Waals surface area contributed by atoms with Gasteiger partial charge in [-0.25, -0.2) is 4.79 Å². The molecule has 1 aliphatic carbocycles. The maximum Gasteiger partial charge on any atom is 0.349 e. The van der Waals surface area contributed by atoms with Crippen LogP contribution in [0.25, 0.3) is 0 Å². The summed E-state index contributed by atoms with van der Waals surface area (Å²) in [6, 6.07) is 2.02. The lowest BCUT2D eigenvalue weighted by Gasteiger charge is -2.21. The van der Waals surface area contributed by atoms with Gasteiger partial charge < -0.3 is 14.8 Å². The molecular formula is C19H28N2O3. The molecule has 0 saturated carbocycles. The first kappa shape index (κ1) is 18.5. The second-order valence-electron chi connectivity index (χ2n) is 6.39. The Hall–Kier alpha value is -1.80. The van der Waals surface area contributed by atoms with Gasteiger partial charge in [-0.3, -0.25) is 0 Å². The number of carbonyl (C=O) groups excluding carboxylic acids is 1. The first-order chi connectivity index (χ1) is 11.7. The Bertz CT molecular complexity index is 523. The maximum atomic E-state index is 12.0. The summed E-state index contributed by atoms with van der Waals surface area (Å²) in [4.78, 5) is 12.0. The van der Waals surface area contributed by atoms with Crippen molar-refractivity contribution in [3.05, 3.63) is 22.9 Å². The number of nitriles is 1. The zero-order chi connectivity index (χ0) is 17.2. The Morgan fingerprint density at radius 2 is 2.25 bits per heavy atom. The van der Waals surface area contributed by atoms with E-state index in [1.807, 2.05) is 19.1 Å². The molecule has 5 heteroatoms. The fourth-order valence-electron chi connectivity index (χ4n) is 3.07. The Morgan fingerprint density at radius 3 is 3.04 bits per heavy atom. The minimum Gasteiger partial charge on any atom is -0.462 e. The van der Waals surface area contributed by atoms with Crippen molar-refractivity contribution in [1.82, 2.24) is 5.32 Å². The van der Waals surface area contributed by atoms with Crippen molar-refractivity contribution in [3.8, 4) is 6.07 Å². The summed E-state index contributed by atoms with van der Waals surface area (Å²) in [5.74, 6) is -0.501. The van der Waals surface area contributed by atoms with Crippen molar-refractivity contribution in [2.45, 2.75) is 64.4 Å². The lowest BCUT2D eigenvalue weighted by atomic mass is 9.95. The van der Waals surface area contributed by atoms with Gasteiger partial charge in [0.2, 0.25) is 0 Å². The molecule has 0 bridgehead atoms. The second-order valence-corrected chi connectivity index (χ2v) is 6.39. The summed E-state index contributed by atoms with van der Waals surface area (Å²) >= 11 is 0. The summed E-state index contributed by atoms with van der Waals surface area (Å²) in [5, 5.41) is 12.8. The van der Waals surface area contributed by atoms with Gasteiger partial charge in [0.25, 0.3) is 0 Å². The number of nitrogens with zero attached hydrogens (tertiary/aromatic N) is 1. The van der Waals surface area contributed by atoms with E-state index in [2.05, 4.69) is 5.32 Å². The van der Waals surface area contributed by atoms with Crippen LogP contribution in [-0.2, 0) is 14.3 Å². The third-order valence-electron chi connectivity index (χ3n) is 4.40. The van der Waals surface area contributed by atoms with E-state index in [-0.39, 0.29) is 11.7 Å². The van der Waals surface area contributed by atoms with E-state index in [1.165, 1.54) is 12.8 Å². The van der Waals surface area contributed by atoms with Crippen molar-refractivity contribution in [2.24, 2.45) is 0 Å². The molecule has 0 spiro atoms. The van der Waals surface area contributed by atoms with Gasteiger partial charge in [0.1, 0.15) is 11.6 Å². The minimum atomic E-state index is -0.501. The number of esters is 1. The Balaban J connectivity index is 1.98. The van der Waals surface area contributed by atoms with Crippen LogP contribution < -0.4 is 5.32 Å². The molecule has 0 aromatic carbocycles. The highest BCUT2D eigenvalue weighted by atomic mass is 16.5. The molecule has 2 aliphatic rings. The number of ether oxygens (including phenoxy) is 2. The summed E-state index contributed by atoms with van der Waals surface area (Å²) < 4.78 is 11.0. The molecule has 0 aromatic rings.